The highest BCUT2D eigenvalue weighted by molar-refractivity contribution is 5.87. The van der Waals surface area contributed by atoms with Crippen LogP contribution in [0.2, 0.25) is 0 Å². The van der Waals surface area contributed by atoms with Crippen molar-refractivity contribution in [2.45, 2.75) is 64.3 Å². The topological polar surface area (TPSA) is 55.8 Å². The molecule has 0 aliphatic carbocycles. The molecule has 0 amide bonds. The normalized spacial score (nSPS) is 33.9. The third-order valence-electron chi connectivity index (χ3n) is 4.42. The fraction of sp³-hybridized carbons (Fsp3) is 0.733. The maximum absolute atomic E-state index is 11.8. The molecule has 2 fully saturated rings. The molecule has 2 aliphatic rings. The molecule has 112 valence electrons. The van der Waals surface area contributed by atoms with E-state index < -0.39 is 0 Å². The van der Waals surface area contributed by atoms with Crippen molar-refractivity contribution < 1.29 is 19.1 Å². The van der Waals surface area contributed by atoms with E-state index in [1.807, 2.05) is 14.0 Å². The van der Waals surface area contributed by atoms with Gasteiger partial charge in [-0.2, -0.15) is 0 Å². The number of carbonyl (C=O) groups excluding carboxylic acids is 2. The fourth-order valence-electron chi connectivity index (χ4n) is 3.17. The Kier molecular flexibility index (Phi) is 4.48. The molecule has 2 aliphatic heterocycles. The lowest BCUT2D eigenvalue weighted by molar-refractivity contribution is -0.152. The molecule has 2 heterocycles. The van der Waals surface area contributed by atoms with Gasteiger partial charge in [-0.3, -0.25) is 9.69 Å². The highest BCUT2D eigenvalue weighted by Crippen LogP contribution is 2.37. The van der Waals surface area contributed by atoms with Crippen molar-refractivity contribution in [3.8, 4) is 0 Å². The second kappa shape index (κ2) is 5.95. The molecule has 0 unspecified atom stereocenters. The number of ether oxygens (including phenoxy) is 2. The first kappa shape index (κ1) is 15.0. The van der Waals surface area contributed by atoms with Crippen molar-refractivity contribution in [3.05, 3.63) is 11.6 Å². The molecule has 2 saturated heterocycles. The minimum Gasteiger partial charge on any atom is -0.461 e. The summed E-state index contributed by atoms with van der Waals surface area (Å²) in [6, 6.07) is 0.475. The van der Waals surface area contributed by atoms with Crippen molar-refractivity contribution in [2.75, 3.05) is 7.05 Å². The number of piperidine rings is 1. The number of likely N-dealkylation sites (N-methyl/N-ethyl adjacent to an activating group) is 1. The minimum absolute atomic E-state index is 0.0750. The monoisotopic (exact) mass is 281 g/mol. The molecule has 0 aromatic heterocycles. The van der Waals surface area contributed by atoms with Gasteiger partial charge in [0.25, 0.3) is 0 Å². The van der Waals surface area contributed by atoms with Crippen LogP contribution in [0, 0.1) is 0 Å². The van der Waals surface area contributed by atoms with E-state index in [-0.39, 0.29) is 30.2 Å². The number of carbonyl (C=O) groups is 2. The summed E-state index contributed by atoms with van der Waals surface area (Å²) in [4.78, 5) is 25.2. The van der Waals surface area contributed by atoms with Crippen molar-refractivity contribution >= 4 is 11.9 Å². The van der Waals surface area contributed by atoms with Gasteiger partial charge in [-0.1, -0.05) is 6.08 Å². The van der Waals surface area contributed by atoms with E-state index in [9.17, 15) is 9.59 Å². The van der Waals surface area contributed by atoms with Crippen LogP contribution < -0.4 is 0 Å². The van der Waals surface area contributed by atoms with Crippen LogP contribution in [-0.2, 0) is 19.1 Å². The van der Waals surface area contributed by atoms with Gasteiger partial charge in [0, 0.05) is 37.8 Å². The van der Waals surface area contributed by atoms with Crippen LogP contribution in [-0.4, -0.2) is 48.2 Å². The van der Waals surface area contributed by atoms with Crippen molar-refractivity contribution in [1.29, 1.82) is 0 Å². The second-order valence-corrected chi connectivity index (χ2v) is 5.74. The Labute approximate surface area is 119 Å². The molecule has 2 rings (SSSR count). The minimum atomic E-state index is -0.245. The number of hydrogen-bond donors (Lipinski definition) is 0. The van der Waals surface area contributed by atoms with Gasteiger partial charge in [-0.25, -0.2) is 4.79 Å². The lowest BCUT2D eigenvalue weighted by Crippen LogP contribution is -2.46. The smallest absolute Gasteiger partial charge is 0.333 e. The molecule has 5 heteroatoms. The average Bonchev–Trinajstić information content (AvgIpc) is 2.58. The quantitative estimate of drug-likeness (QED) is 0.582. The van der Waals surface area contributed by atoms with Crippen molar-refractivity contribution in [3.63, 3.8) is 0 Å². The van der Waals surface area contributed by atoms with Gasteiger partial charge in [-0.15, -0.1) is 0 Å². The molecule has 0 radical (unpaired) electrons. The molecule has 0 N–H and O–H groups in total. The van der Waals surface area contributed by atoms with Gasteiger partial charge in [0.2, 0.25) is 0 Å². The molecule has 0 saturated carbocycles. The molecular formula is C15H23NO4. The van der Waals surface area contributed by atoms with Gasteiger partial charge in [0.15, 0.2) is 0 Å². The van der Waals surface area contributed by atoms with E-state index in [1.54, 1.807) is 13.0 Å². The molecule has 20 heavy (non-hydrogen) atoms. The van der Waals surface area contributed by atoms with Gasteiger partial charge < -0.3 is 9.47 Å². The SMILES string of the molecule is C/C=C(\C)C(=O)O[C@H]1C[C@H]2C[C@H](OC(C)=O)[C@@H](C1)N2C. The number of esters is 2. The summed E-state index contributed by atoms with van der Waals surface area (Å²) < 4.78 is 10.9. The first-order valence-corrected chi connectivity index (χ1v) is 7.15. The van der Waals surface area contributed by atoms with Crippen LogP contribution >= 0.6 is 0 Å². The molecule has 0 spiro atoms. The molecule has 2 bridgehead atoms. The standard InChI is InChI=1S/C15H23NO4/c1-5-9(2)15(18)20-12-6-11-7-14(19-10(3)17)13(8-12)16(11)4/h5,11-14H,6-8H2,1-4H3/b9-5+/t11-,12-,13+,14-/m0/s1. The van der Waals surface area contributed by atoms with Crippen LogP contribution in [0.3, 0.4) is 0 Å². The predicted molar refractivity (Wildman–Crippen MR) is 74.1 cm³/mol. The van der Waals surface area contributed by atoms with E-state index in [2.05, 4.69) is 4.90 Å². The van der Waals surface area contributed by atoms with Crippen molar-refractivity contribution in [2.24, 2.45) is 0 Å². The predicted octanol–water partition coefficient (Wildman–Crippen LogP) is 1.66. The Hall–Kier alpha value is -1.36. The molecule has 4 atom stereocenters. The van der Waals surface area contributed by atoms with E-state index in [0.717, 1.165) is 19.3 Å². The van der Waals surface area contributed by atoms with Crippen molar-refractivity contribution in [1.82, 2.24) is 4.90 Å². The summed E-state index contributed by atoms with van der Waals surface area (Å²) in [5, 5.41) is 0. The number of allylic oxidation sites excluding steroid dienone is 1. The number of rotatable bonds is 3. The Morgan fingerprint density at radius 1 is 1.15 bits per heavy atom. The van der Waals surface area contributed by atoms with Crippen LogP contribution in [0.5, 0.6) is 0 Å². The summed E-state index contributed by atoms with van der Waals surface area (Å²) in [5.41, 5.74) is 0.632. The Balaban J connectivity index is 1.99. The number of nitrogens with zero attached hydrogens (tertiary/aromatic N) is 1. The van der Waals surface area contributed by atoms with Gasteiger partial charge in [-0.05, 0) is 20.9 Å². The van der Waals surface area contributed by atoms with Gasteiger partial charge in [0.1, 0.15) is 12.2 Å². The third-order valence-corrected chi connectivity index (χ3v) is 4.42. The maximum atomic E-state index is 11.8. The second-order valence-electron chi connectivity index (χ2n) is 5.74. The highest BCUT2D eigenvalue weighted by Gasteiger charge is 2.47. The summed E-state index contributed by atoms with van der Waals surface area (Å²) >= 11 is 0. The van der Waals surface area contributed by atoms with Crippen LogP contribution in [0.15, 0.2) is 11.6 Å². The lowest BCUT2D eigenvalue weighted by Gasteiger charge is -2.36. The first-order valence-electron chi connectivity index (χ1n) is 7.15. The summed E-state index contributed by atoms with van der Waals surface area (Å²) in [7, 11) is 2.05. The molecule has 5 nitrogen and oxygen atoms in total. The van der Waals surface area contributed by atoms with E-state index in [4.69, 9.17) is 9.47 Å². The van der Waals surface area contributed by atoms with E-state index in [1.165, 1.54) is 6.92 Å². The Morgan fingerprint density at radius 2 is 1.85 bits per heavy atom. The zero-order valence-corrected chi connectivity index (χ0v) is 12.6. The number of hydrogen-bond acceptors (Lipinski definition) is 5. The summed E-state index contributed by atoms with van der Waals surface area (Å²) in [5.74, 6) is -0.486. The average molecular weight is 281 g/mol. The highest BCUT2D eigenvalue weighted by atomic mass is 16.6. The lowest BCUT2D eigenvalue weighted by atomic mass is 10.00. The summed E-state index contributed by atoms with van der Waals surface area (Å²) in [6.45, 7) is 5.02. The Bertz CT molecular complexity index is 432. The number of fused-ring (bicyclic) bond motifs is 2. The molecule has 0 aromatic carbocycles. The van der Waals surface area contributed by atoms with Gasteiger partial charge in [0.05, 0.1) is 6.04 Å². The zero-order chi connectivity index (χ0) is 14.9. The Morgan fingerprint density at radius 3 is 2.45 bits per heavy atom. The van der Waals surface area contributed by atoms with Crippen LogP contribution in [0.4, 0.5) is 0 Å². The van der Waals surface area contributed by atoms with E-state index >= 15 is 0 Å². The fourth-order valence-corrected chi connectivity index (χ4v) is 3.17. The van der Waals surface area contributed by atoms with E-state index in [0.29, 0.717) is 11.6 Å². The maximum Gasteiger partial charge on any atom is 0.333 e. The zero-order valence-electron chi connectivity index (χ0n) is 12.6. The van der Waals surface area contributed by atoms with Crippen LogP contribution in [0.1, 0.15) is 40.0 Å². The molecular weight excluding hydrogens is 258 g/mol. The largest absolute Gasteiger partial charge is 0.461 e. The summed E-state index contributed by atoms with van der Waals surface area (Å²) in [6.07, 6.45) is 3.98. The van der Waals surface area contributed by atoms with Gasteiger partial charge >= 0.3 is 11.9 Å². The van der Waals surface area contributed by atoms with Crippen LogP contribution in [0.25, 0.3) is 0 Å². The molecule has 0 aromatic rings. The first-order chi connectivity index (χ1) is 9.42. The third kappa shape index (κ3) is 3.03.